The number of nitrogens with zero attached hydrogens (tertiary/aromatic N) is 2. The fraction of sp³-hybridized carbons (Fsp3) is 0.545. The smallest absolute Gasteiger partial charge is 0.205 e. The summed E-state index contributed by atoms with van der Waals surface area (Å²) in [5, 5.41) is 0. The summed E-state index contributed by atoms with van der Waals surface area (Å²) in [4.78, 5) is 27.2. The first-order valence-electron chi connectivity index (χ1n) is 5.21. The summed E-state index contributed by atoms with van der Waals surface area (Å²) in [6, 6.07) is 0. The van der Waals surface area contributed by atoms with E-state index in [1.807, 2.05) is 0 Å². The van der Waals surface area contributed by atoms with Crippen LogP contribution >= 0.6 is 0 Å². The number of imidazole rings is 1. The SMILES string of the molecule is Cn1ccnc1C(=O)CC(=O)C1CCC1. The Morgan fingerprint density at radius 3 is 2.73 bits per heavy atom. The lowest BCUT2D eigenvalue weighted by Crippen LogP contribution is -2.25. The summed E-state index contributed by atoms with van der Waals surface area (Å²) in [5.74, 6) is 0.422. The Morgan fingerprint density at radius 2 is 2.27 bits per heavy atom. The minimum atomic E-state index is -0.167. The molecule has 0 amide bonds. The first-order chi connectivity index (χ1) is 7.18. The number of hydrogen-bond acceptors (Lipinski definition) is 3. The molecule has 80 valence electrons. The summed E-state index contributed by atoms with van der Waals surface area (Å²) >= 11 is 0. The van der Waals surface area contributed by atoms with Crippen molar-refractivity contribution >= 4 is 11.6 Å². The molecule has 0 atom stereocenters. The zero-order chi connectivity index (χ0) is 10.8. The maximum absolute atomic E-state index is 11.7. The van der Waals surface area contributed by atoms with Gasteiger partial charge >= 0.3 is 0 Å². The van der Waals surface area contributed by atoms with Crippen LogP contribution in [0.15, 0.2) is 12.4 Å². The van der Waals surface area contributed by atoms with Gasteiger partial charge in [0.2, 0.25) is 5.78 Å². The molecule has 1 saturated carbocycles. The predicted octanol–water partition coefficient (Wildman–Crippen LogP) is 1.36. The highest BCUT2D eigenvalue weighted by Gasteiger charge is 2.27. The summed E-state index contributed by atoms with van der Waals surface area (Å²) in [6.45, 7) is 0. The first kappa shape index (κ1) is 10.1. The minimum Gasteiger partial charge on any atom is -0.332 e. The third kappa shape index (κ3) is 1.98. The summed E-state index contributed by atoms with van der Waals surface area (Å²) in [6.07, 6.45) is 6.31. The highest BCUT2D eigenvalue weighted by atomic mass is 16.1. The second kappa shape index (κ2) is 3.96. The van der Waals surface area contributed by atoms with Crippen molar-refractivity contribution in [1.29, 1.82) is 0 Å². The number of carbonyl (C=O) groups excluding carboxylic acids is 2. The molecule has 0 unspecified atom stereocenters. The maximum atomic E-state index is 11.7. The van der Waals surface area contributed by atoms with E-state index in [1.54, 1.807) is 24.0 Å². The third-order valence-electron chi connectivity index (χ3n) is 2.97. The van der Waals surface area contributed by atoms with Gasteiger partial charge in [0.05, 0.1) is 6.42 Å². The fourth-order valence-corrected chi connectivity index (χ4v) is 1.75. The van der Waals surface area contributed by atoms with Gasteiger partial charge in [-0.05, 0) is 12.8 Å². The molecule has 4 heteroatoms. The van der Waals surface area contributed by atoms with E-state index >= 15 is 0 Å². The summed E-state index contributed by atoms with van der Waals surface area (Å²) in [7, 11) is 1.76. The molecular weight excluding hydrogens is 192 g/mol. The minimum absolute atomic E-state index is 0.00944. The van der Waals surface area contributed by atoms with Crippen LogP contribution in [0.25, 0.3) is 0 Å². The predicted molar refractivity (Wildman–Crippen MR) is 54.5 cm³/mol. The molecule has 0 bridgehead atoms. The van der Waals surface area contributed by atoms with Crippen LogP contribution in [0, 0.1) is 5.92 Å². The van der Waals surface area contributed by atoms with Crippen LogP contribution in [0.5, 0.6) is 0 Å². The van der Waals surface area contributed by atoms with E-state index in [-0.39, 0.29) is 23.9 Å². The van der Waals surface area contributed by atoms with E-state index < -0.39 is 0 Å². The van der Waals surface area contributed by atoms with Gasteiger partial charge in [0.15, 0.2) is 5.82 Å². The summed E-state index contributed by atoms with van der Waals surface area (Å²) in [5.41, 5.74) is 0. The molecule has 15 heavy (non-hydrogen) atoms. The van der Waals surface area contributed by atoms with Crippen LogP contribution in [0.1, 0.15) is 36.3 Å². The largest absolute Gasteiger partial charge is 0.332 e. The van der Waals surface area contributed by atoms with E-state index in [0.29, 0.717) is 5.82 Å². The fourth-order valence-electron chi connectivity index (χ4n) is 1.75. The third-order valence-corrected chi connectivity index (χ3v) is 2.97. The van der Waals surface area contributed by atoms with Gasteiger partial charge in [-0.3, -0.25) is 9.59 Å². The van der Waals surface area contributed by atoms with Gasteiger partial charge < -0.3 is 4.57 Å². The molecular formula is C11H14N2O2. The molecule has 4 nitrogen and oxygen atoms in total. The van der Waals surface area contributed by atoms with Crippen molar-refractivity contribution in [2.45, 2.75) is 25.7 Å². The van der Waals surface area contributed by atoms with Crippen LogP contribution in [-0.4, -0.2) is 21.1 Å². The van der Waals surface area contributed by atoms with Crippen LogP contribution in [0.2, 0.25) is 0 Å². The van der Waals surface area contributed by atoms with E-state index in [9.17, 15) is 9.59 Å². The van der Waals surface area contributed by atoms with Crippen molar-refractivity contribution in [1.82, 2.24) is 9.55 Å². The molecule has 1 fully saturated rings. The molecule has 1 aromatic heterocycles. The van der Waals surface area contributed by atoms with Crippen molar-refractivity contribution in [2.24, 2.45) is 13.0 Å². The number of carbonyl (C=O) groups is 2. The van der Waals surface area contributed by atoms with Crippen molar-refractivity contribution < 1.29 is 9.59 Å². The van der Waals surface area contributed by atoms with Crippen molar-refractivity contribution in [2.75, 3.05) is 0 Å². The Kier molecular flexibility index (Phi) is 2.66. The van der Waals surface area contributed by atoms with Crippen LogP contribution < -0.4 is 0 Å². The van der Waals surface area contributed by atoms with Crippen molar-refractivity contribution in [3.8, 4) is 0 Å². The molecule has 1 aromatic rings. The first-order valence-corrected chi connectivity index (χ1v) is 5.21. The Bertz CT molecular complexity index is 391. The molecule has 0 N–H and O–H groups in total. The second-order valence-electron chi connectivity index (χ2n) is 4.06. The Morgan fingerprint density at radius 1 is 1.53 bits per heavy atom. The van der Waals surface area contributed by atoms with Gasteiger partial charge in [-0.1, -0.05) is 6.42 Å². The molecule has 1 aliphatic carbocycles. The highest BCUT2D eigenvalue weighted by molar-refractivity contribution is 6.07. The number of Topliss-reactive ketones (excluding diaryl/α,β-unsaturated/α-hetero) is 2. The van der Waals surface area contributed by atoms with Crippen LogP contribution in [0.4, 0.5) is 0 Å². The van der Waals surface area contributed by atoms with Gasteiger partial charge in [-0.25, -0.2) is 4.98 Å². The van der Waals surface area contributed by atoms with Gasteiger partial charge in [0.1, 0.15) is 5.78 Å². The molecule has 0 saturated heterocycles. The Labute approximate surface area is 88.3 Å². The monoisotopic (exact) mass is 206 g/mol. The molecule has 0 aromatic carbocycles. The van der Waals surface area contributed by atoms with Crippen LogP contribution in [0.3, 0.4) is 0 Å². The van der Waals surface area contributed by atoms with E-state index in [1.165, 1.54) is 0 Å². The number of hydrogen-bond donors (Lipinski definition) is 0. The average molecular weight is 206 g/mol. The average Bonchev–Trinajstić information content (AvgIpc) is 2.47. The molecule has 1 aliphatic rings. The number of ketones is 2. The standard InChI is InChI=1S/C11H14N2O2/c1-13-6-5-12-11(13)10(15)7-9(14)8-3-2-4-8/h5-6,8H,2-4,7H2,1H3. The lowest BCUT2D eigenvalue weighted by Gasteiger charge is -2.23. The van der Waals surface area contributed by atoms with Gasteiger partial charge in [0, 0.05) is 25.4 Å². The molecule has 1 heterocycles. The highest BCUT2D eigenvalue weighted by Crippen LogP contribution is 2.28. The zero-order valence-electron chi connectivity index (χ0n) is 8.77. The van der Waals surface area contributed by atoms with E-state index in [0.717, 1.165) is 19.3 Å². The van der Waals surface area contributed by atoms with Crippen LogP contribution in [-0.2, 0) is 11.8 Å². The molecule has 0 spiro atoms. The Hall–Kier alpha value is -1.45. The lowest BCUT2D eigenvalue weighted by atomic mass is 9.81. The van der Waals surface area contributed by atoms with E-state index in [4.69, 9.17) is 0 Å². The van der Waals surface area contributed by atoms with Gasteiger partial charge in [0.25, 0.3) is 0 Å². The maximum Gasteiger partial charge on any atom is 0.205 e. The second-order valence-corrected chi connectivity index (χ2v) is 4.06. The molecule has 0 radical (unpaired) electrons. The number of rotatable bonds is 4. The van der Waals surface area contributed by atoms with Gasteiger partial charge in [-0.2, -0.15) is 0 Å². The lowest BCUT2D eigenvalue weighted by molar-refractivity contribution is -0.124. The normalized spacial score (nSPS) is 16.1. The van der Waals surface area contributed by atoms with Crippen molar-refractivity contribution in [3.63, 3.8) is 0 Å². The molecule has 0 aliphatic heterocycles. The Balaban J connectivity index is 1.97. The van der Waals surface area contributed by atoms with Gasteiger partial charge in [-0.15, -0.1) is 0 Å². The molecule has 2 rings (SSSR count). The number of aryl methyl sites for hydroxylation is 1. The van der Waals surface area contributed by atoms with E-state index in [2.05, 4.69) is 4.98 Å². The quantitative estimate of drug-likeness (QED) is 0.552. The summed E-state index contributed by atoms with van der Waals surface area (Å²) < 4.78 is 1.65. The number of aromatic nitrogens is 2. The zero-order valence-corrected chi connectivity index (χ0v) is 8.77. The van der Waals surface area contributed by atoms with Crippen molar-refractivity contribution in [3.05, 3.63) is 18.2 Å². The topological polar surface area (TPSA) is 52.0 Å².